The smallest absolute Gasteiger partial charge is 0.336 e. The Hall–Kier alpha value is -1.83. The number of benzene rings is 2. The molecule has 2 rings (SSSR count). The highest BCUT2D eigenvalue weighted by molar-refractivity contribution is 8.00. The molecule has 0 aromatic heterocycles. The van der Waals surface area contributed by atoms with Crippen LogP contribution in [-0.4, -0.2) is 25.0 Å². The number of carbonyl (C=O) groups is 1. The predicted octanol–water partition coefficient (Wildman–Crippen LogP) is 3.61. The maximum atomic E-state index is 12.6. The zero-order chi connectivity index (χ0) is 18.0. The van der Waals surface area contributed by atoms with Crippen molar-refractivity contribution in [1.82, 2.24) is 4.72 Å². The molecule has 128 valence electrons. The molecule has 0 saturated heterocycles. The lowest BCUT2D eigenvalue weighted by Crippen LogP contribution is -2.40. The second-order valence-electron chi connectivity index (χ2n) is 6.21. The van der Waals surface area contributed by atoms with Gasteiger partial charge >= 0.3 is 5.97 Å². The second-order valence-corrected chi connectivity index (χ2v) is 8.94. The minimum absolute atomic E-state index is 0.130. The van der Waals surface area contributed by atoms with E-state index in [0.717, 1.165) is 11.8 Å². The number of nitrogens with one attached hydrogen (secondary N) is 1. The predicted molar refractivity (Wildman–Crippen MR) is 94.0 cm³/mol. The normalized spacial score (nSPS) is 12.1. The summed E-state index contributed by atoms with van der Waals surface area (Å²) in [5.41, 5.74) is -0.478. The fourth-order valence-electron chi connectivity index (χ4n) is 2.07. The number of carboxylic acids is 1. The van der Waals surface area contributed by atoms with Crippen LogP contribution in [0.3, 0.4) is 0 Å². The molecule has 0 spiro atoms. The summed E-state index contributed by atoms with van der Waals surface area (Å²) in [6.45, 7) is 5.29. The van der Waals surface area contributed by atoms with Crippen molar-refractivity contribution in [1.29, 1.82) is 0 Å². The molecule has 0 radical (unpaired) electrons. The Morgan fingerprint density at radius 3 is 2.12 bits per heavy atom. The fraction of sp³-hybridized carbons (Fsp3) is 0.235. The van der Waals surface area contributed by atoms with Crippen molar-refractivity contribution in [2.24, 2.45) is 0 Å². The molecule has 2 aromatic carbocycles. The number of hydrogen-bond acceptors (Lipinski definition) is 4. The summed E-state index contributed by atoms with van der Waals surface area (Å²) < 4.78 is 27.9. The van der Waals surface area contributed by atoms with Crippen LogP contribution in [-0.2, 0) is 10.0 Å². The summed E-state index contributed by atoms with van der Waals surface area (Å²) in [7, 11) is -3.72. The molecule has 0 aliphatic carbocycles. The van der Waals surface area contributed by atoms with Crippen molar-refractivity contribution in [3.63, 3.8) is 0 Å². The molecule has 7 heteroatoms. The standard InChI is InChI=1S/C17H19NO4S2/c1-17(2,3)18-24(21,22)15-11-7-6-10-14(15)23-13-9-5-4-8-12(13)16(19)20/h4-11,18H,1-3H3,(H,19,20). The maximum absolute atomic E-state index is 12.6. The van der Waals surface area contributed by atoms with Gasteiger partial charge in [0.25, 0.3) is 0 Å². The summed E-state index contributed by atoms with van der Waals surface area (Å²) in [5, 5.41) is 9.28. The monoisotopic (exact) mass is 365 g/mol. The Morgan fingerprint density at radius 2 is 1.54 bits per heavy atom. The molecule has 0 aliphatic rings. The molecule has 0 amide bonds. The van der Waals surface area contributed by atoms with Crippen LogP contribution in [0.25, 0.3) is 0 Å². The van der Waals surface area contributed by atoms with Crippen LogP contribution in [0.15, 0.2) is 63.2 Å². The summed E-state index contributed by atoms with van der Waals surface area (Å²) in [4.78, 5) is 12.4. The Balaban J connectivity index is 2.46. The topological polar surface area (TPSA) is 83.5 Å². The van der Waals surface area contributed by atoms with Crippen LogP contribution in [0.5, 0.6) is 0 Å². The Morgan fingerprint density at radius 1 is 1.00 bits per heavy atom. The highest BCUT2D eigenvalue weighted by atomic mass is 32.2. The van der Waals surface area contributed by atoms with Crippen molar-refractivity contribution >= 4 is 27.8 Å². The van der Waals surface area contributed by atoms with E-state index in [2.05, 4.69) is 4.72 Å². The van der Waals surface area contributed by atoms with Crippen molar-refractivity contribution in [2.75, 3.05) is 0 Å². The summed E-state index contributed by atoms with van der Waals surface area (Å²) in [6.07, 6.45) is 0. The number of rotatable bonds is 5. The lowest BCUT2D eigenvalue weighted by molar-refractivity contribution is 0.0693. The first-order chi connectivity index (χ1) is 11.1. The van der Waals surface area contributed by atoms with Gasteiger partial charge in [0.15, 0.2) is 0 Å². The van der Waals surface area contributed by atoms with Crippen LogP contribution in [0.4, 0.5) is 0 Å². The van der Waals surface area contributed by atoms with E-state index in [9.17, 15) is 18.3 Å². The average Bonchev–Trinajstić information content (AvgIpc) is 2.45. The molecule has 0 unspecified atom stereocenters. The van der Waals surface area contributed by atoms with E-state index in [4.69, 9.17) is 0 Å². The van der Waals surface area contributed by atoms with Crippen molar-refractivity contribution in [3.05, 3.63) is 54.1 Å². The van der Waals surface area contributed by atoms with Gasteiger partial charge in [-0.1, -0.05) is 36.0 Å². The SMILES string of the molecule is CC(C)(C)NS(=O)(=O)c1ccccc1Sc1ccccc1C(=O)O. The number of carboxylic acid groups (broad SMARTS) is 1. The van der Waals surface area contributed by atoms with Crippen LogP contribution < -0.4 is 4.72 Å². The van der Waals surface area contributed by atoms with Gasteiger partial charge in [0, 0.05) is 15.3 Å². The molecule has 0 atom stereocenters. The second kappa shape index (κ2) is 6.96. The van der Waals surface area contributed by atoms with Gasteiger partial charge < -0.3 is 5.11 Å². The van der Waals surface area contributed by atoms with Gasteiger partial charge in [-0.05, 0) is 45.0 Å². The molecular formula is C17H19NO4S2. The van der Waals surface area contributed by atoms with Crippen LogP contribution >= 0.6 is 11.8 Å². The molecule has 24 heavy (non-hydrogen) atoms. The zero-order valence-electron chi connectivity index (χ0n) is 13.6. The van der Waals surface area contributed by atoms with Crippen molar-refractivity contribution in [3.8, 4) is 0 Å². The molecule has 0 fully saturated rings. The van der Waals surface area contributed by atoms with Crippen LogP contribution in [0.1, 0.15) is 31.1 Å². The molecule has 0 bridgehead atoms. The minimum atomic E-state index is -3.72. The van der Waals surface area contributed by atoms with Gasteiger partial charge in [0.1, 0.15) is 0 Å². The van der Waals surface area contributed by atoms with Gasteiger partial charge in [0.2, 0.25) is 10.0 Å². The van der Waals surface area contributed by atoms with Crippen LogP contribution in [0, 0.1) is 0 Å². The Kier molecular flexibility index (Phi) is 5.37. The third-order valence-electron chi connectivity index (χ3n) is 2.92. The highest BCUT2D eigenvalue weighted by Crippen LogP contribution is 2.35. The van der Waals surface area contributed by atoms with Crippen molar-refractivity contribution < 1.29 is 18.3 Å². The van der Waals surface area contributed by atoms with E-state index in [1.807, 2.05) is 0 Å². The quantitative estimate of drug-likeness (QED) is 0.846. The Bertz CT molecular complexity index is 855. The van der Waals surface area contributed by atoms with E-state index >= 15 is 0 Å². The fourth-order valence-corrected chi connectivity index (χ4v) is 4.99. The summed E-state index contributed by atoms with van der Waals surface area (Å²) in [6, 6.07) is 13.1. The molecule has 5 nitrogen and oxygen atoms in total. The largest absolute Gasteiger partial charge is 0.478 e. The third-order valence-corrected chi connectivity index (χ3v) is 6.01. The van der Waals surface area contributed by atoms with E-state index in [-0.39, 0.29) is 10.5 Å². The lowest BCUT2D eigenvalue weighted by atomic mass is 10.1. The summed E-state index contributed by atoms with van der Waals surface area (Å²) in [5.74, 6) is -1.05. The highest BCUT2D eigenvalue weighted by Gasteiger charge is 2.25. The van der Waals surface area contributed by atoms with E-state index < -0.39 is 21.5 Å². The molecule has 0 heterocycles. The van der Waals surface area contributed by atoms with E-state index in [1.165, 1.54) is 12.1 Å². The first kappa shape index (κ1) is 18.5. The van der Waals surface area contributed by atoms with Gasteiger partial charge in [-0.25, -0.2) is 17.9 Å². The molecule has 2 N–H and O–H groups in total. The van der Waals surface area contributed by atoms with E-state index in [0.29, 0.717) is 9.79 Å². The molecule has 2 aromatic rings. The maximum Gasteiger partial charge on any atom is 0.336 e. The lowest BCUT2D eigenvalue weighted by Gasteiger charge is -2.21. The van der Waals surface area contributed by atoms with E-state index in [1.54, 1.807) is 57.2 Å². The summed E-state index contributed by atoms with van der Waals surface area (Å²) >= 11 is 1.12. The minimum Gasteiger partial charge on any atom is -0.478 e. The first-order valence-electron chi connectivity index (χ1n) is 7.23. The van der Waals surface area contributed by atoms with Gasteiger partial charge in [-0.15, -0.1) is 0 Å². The van der Waals surface area contributed by atoms with Crippen molar-refractivity contribution in [2.45, 2.75) is 41.0 Å². The van der Waals surface area contributed by atoms with Gasteiger partial charge in [-0.3, -0.25) is 0 Å². The van der Waals surface area contributed by atoms with Gasteiger partial charge in [0.05, 0.1) is 10.5 Å². The molecule has 0 saturated carbocycles. The zero-order valence-corrected chi connectivity index (χ0v) is 15.2. The number of sulfonamides is 1. The molecule has 0 aliphatic heterocycles. The van der Waals surface area contributed by atoms with Crippen LogP contribution in [0.2, 0.25) is 0 Å². The van der Waals surface area contributed by atoms with Gasteiger partial charge in [-0.2, -0.15) is 0 Å². The average molecular weight is 365 g/mol. The first-order valence-corrected chi connectivity index (χ1v) is 9.53. The molecular weight excluding hydrogens is 346 g/mol. The number of aromatic carboxylic acids is 1. The number of hydrogen-bond donors (Lipinski definition) is 2. The third kappa shape index (κ3) is 4.59. The Labute approximate surface area is 146 Å².